The monoisotopic (exact) mass is 192 g/mol. The predicted molar refractivity (Wildman–Crippen MR) is 50.5 cm³/mol. The van der Waals surface area contributed by atoms with Gasteiger partial charge in [0.2, 0.25) is 5.91 Å². The van der Waals surface area contributed by atoms with E-state index in [4.69, 9.17) is 10.9 Å². The number of aliphatic hydroxyl groups is 1. The minimum Gasteiger partial charge on any atom is -0.396 e. The van der Waals surface area contributed by atoms with E-state index < -0.39 is 0 Å². The van der Waals surface area contributed by atoms with Gasteiger partial charge in [-0.3, -0.25) is 10.2 Å². The second-order valence-electron chi connectivity index (χ2n) is 2.77. The van der Waals surface area contributed by atoms with Gasteiger partial charge < -0.3 is 5.11 Å². The number of carbonyl (C=O) groups excluding carboxylic acids is 1. The van der Waals surface area contributed by atoms with Crippen LogP contribution in [-0.4, -0.2) is 28.6 Å². The average molecular weight is 192 g/mol. The summed E-state index contributed by atoms with van der Waals surface area (Å²) < 4.78 is 0. The summed E-state index contributed by atoms with van der Waals surface area (Å²) in [7, 11) is 0. The highest BCUT2D eigenvalue weighted by Crippen LogP contribution is 2.14. The van der Waals surface area contributed by atoms with E-state index in [1.165, 1.54) is 11.8 Å². The van der Waals surface area contributed by atoms with Crippen LogP contribution in [0, 0.1) is 5.92 Å². The third-order valence-electron chi connectivity index (χ3n) is 1.45. The van der Waals surface area contributed by atoms with Crippen molar-refractivity contribution in [3.05, 3.63) is 0 Å². The van der Waals surface area contributed by atoms with E-state index in [9.17, 15) is 4.79 Å². The molecule has 0 aliphatic carbocycles. The summed E-state index contributed by atoms with van der Waals surface area (Å²) >= 11 is 1.49. The first kappa shape index (κ1) is 11.7. The summed E-state index contributed by atoms with van der Waals surface area (Å²) in [5.74, 6) is 5.77. The Kier molecular flexibility index (Phi) is 6.14. The zero-order chi connectivity index (χ0) is 9.56. The van der Waals surface area contributed by atoms with Crippen LogP contribution in [0.15, 0.2) is 0 Å². The minimum atomic E-state index is -0.176. The molecule has 0 saturated heterocycles. The molecule has 0 saturated carbocycles. The van der Waals surface area contributed by atoms with Gasteiger partial charge in [0.05, 0.1) is 5.25 Å². The van der Waals surface area contributed by atoms with E-state index in [2.05, 4.69) is 5.43 Å². The molecule has 2 atom stereocenters. The lowest BCUT2D eigenvalue weighted by Crippen LogP contribution is -2.36. The molecule has 0 aliphatic rings. The molecule has 0 rings (SSSR count). The molecule has 0 radical (unpaired) electrons. The Balaban J connectivity index is 3.56. The van der Waals surface area contributed by atoms with E-state index in [0.29, 0.717) is 0 Å². The molecule has 2 unspecified atom stereocenters. The van der Waals surface area contributed by atoms with Gasteiger partial charge in [-0.1, -0.05) is 6.92 Å². The van der Waals surface area contributed by atoms with Crippen molar-refractivity contribution in [2.24, 2.45) is 11.8 Å². The molecule has 72 valence electrons. The molecule has 0 spiro atoms. The van der Waals surface area contributed by atoms with Gasteiger partial charge in [-0.15, -0.1) is 11.8 Å². The van der Waals surface area contributed by atoms with Crippen LogP contribution >= 0.6 is 11.8 Å². The lowest BCUT2D eigenvalue weighted by molar-refractivity contribution is -0.120. The summed E-state index contributed by atoms with van der Waals surface area (Å²) in [6.07, 6.45) is 0. The van der Waals surface area contributed by atoms with Gasteiger partial charge in [0.25, 0.3) is 0 Å². The summed E-state index contributed by atoms with van der Waals surface area (Å²) in [5, 5.41) is 8.56. The Labute approximate surface area is 76.9 Å². The van der Waals surface area contributed by atoms with Crippen LogP contribution in [-0.2, 0) is 4.79 Å². The third-order valence-corrected chi connectivity index (χ3v) is 2.93. The van der Waals surface area contributed by atoms with Crippen molar-refractivity contribution < 1.29 is 9.90 Å². The van der Waals surface area contributed by atoms with E-state index in [-0.39, 0.29) is 23.7 Å². The normalized spacial score (nSPS) is 15.3. The molecule has 0 aromatic carbocycles. The van der Waals surface area contributed by atoms with Gasteiger partial charge in [-0.2, -0.15) is 0 Å². The van der Waals surface area contributed by atoms with Crippen LogP contribution in [0.2, 0.25) is 0 Å². The number of nitrogens with two attached hydrogens (primary N) is 1. The maximum absolute atomic E-state index is 10.9. The van der Waals surface area contributed by atoms with Crippen LogP contribution < -0.4 is 11.3 Å². The standard InChI is InChI=1S/C7H16N2O2S/c1-5(3-10)4-12-6(2)7(11)9-8/h5-6,10H,3-4,8H2,1-2H3,(H,9,11). The molecule has 0 aliphatic heterocycles. The highest BCUT2D eigenvalue weighted by Gasteiger charge is 2.12. The van der Waals surface area contributed by atoms with Crippen LogP contribution in [0.4, 0.5) is 0 Å². The highest BCUT2D eigenvalue weighted by molar-refractivity contribution is 8.00. The summed E-state index contributed by atoms with van der Waals surface area (Å²) in [6, 6.07) is 0. The molecule has 0 aromatic heterocycles. The van der Waals surface area contributed by atoms with Crippen molar-refractivity contribution in [1.29, 1.82) is 0 Å². The van der Waals surface area contributed by atoms with Gasteiger partial charge in [0.15, 0.2) is 0 Å². The molecule has 12 heavy (non-hydrogen) atoms. The van der Waals surface area contributed by atoms with E-state index in [0.717, 1.165) is 5.75 Å². The summed E-state index contributed by atoms with van der Waals surface area (Å²) in [4.78, 5) is 10.9. The molecule has 4 N–H and O–H groups in total. The molecule has 4 nitrogen and oxygen atoms in total. The van der Waals surface area contributed by atoms with Crippen LogP contribution in [0.5, 0.6) is 0 Å². The third kappa shape index (κ3) is 4.58. The first-order valence-electron chi connectivity index (χ1n) is 3.84. The first-order valence-corrected chi connectivity index (χ1v) is 4.89. The van der Waals surface area contributed by atoms with Crippen LogP contribution in [0.3, 0.4) is 0 Å². The van der Waals surface area contributed by atoms with Gasteiger partial charge in [-0.25, -0.2) is 5.84 Å². The Hall–Kier alpha value is -0.260. The fourth-order valence-corrected chi connectivity index (χ4v) is 1.50. The Morgan fingerprint density at radius 1 is 1.67 bits per heavy atom. The lowest BCUT2D eigenvalue weighted by atomic mass is 10.2. The van der Waals surface area contributed by atoms with Crippen molar-refractivity contribution in [2.75, 3.05) is 12.4 Å². The first-order chi connectivity index (χ1) is 5.61. The van der Waals surface area contributed by atoms with Crippen LogP contribution in [0.25, 0.3) is 0 Å². The number of hydrogen-bond acceptors (Lipinski definition) is 4. The van der Waals surface area contributed by atoms with Crippen molar-refractivity contribution >= 4 is 17.7 Å². The molecule has 0 bridgehead atoms. The maximum atomic E-state index is 10.9. The number of hydrogen-bond donors (Lipinski definition) is 3. The molecule has 0 fully saturated rings. The lowest BCUT2D eigenvalue weighted by Gasteiger charge is -2.11. The zero-order valence-electron chi connectivity index (χ0n) is 7.41. The van der Waals surface area contributed by atoms with Gasteiger partial charge in [-0.05, 0) is 18.6 Å². The number of hydrazine groups is 1. The number of thioether (sulfide) groups is 1. The van der Waals surface area contributed by atoms with Gasteiger partial charge in [0.1, 0.15) is 0 Å². The number of carbonyl (C=O) groups is 1. The molecular weight excluding hydrogens is 176 g/mol. The highest BCUT2D eigenvalue weighted by atomic mass is 32.2. The molecule has 0 aromatic rings. The Morgan fingerprint density at radius 3 is 2.67 bits per heavy atom. The van der Waals surface area contributed by atoms with Crippen molar-refractivity contribution in [3.8, 4) is 0 Å². The number of amides is 1. The number of aliphatic hydroxyl groups excluding tert-OH is 1. The quantitative estimate of drug-likeness (QED) is 0.318. The topological polar surface area (TPSA) is 75.3 Å². The van der Waals surface area contributed by atoms with Crippen molar-refractivity contribution in [1.82, 2.24) is 5.43 Å². The van der Waals surface area contributed by atoms with E-state index >= 15 is 0 Å². The van der Waals surface area contributed by atoms with Crippen LogP contribution in [0.1, 0.15) is 13.8 Å². The average Bonchev–Trinajstić information content (AvgIpc) is 2.11. The maximum Gasteiger partial charge on any atom is 0.246 e. The van der Waals surface area contributed by atoms with Crippen molar-refractivity contribution in [3.63, 3.8) is 0 Å². The second kappa shape index (κ2) is 6.28. The Morgan fingerprint density at radius 2 is 2.25 bits per heavy atom. The molecule has 0 heterocycles. The molecule has 5 heteroatoms. The molecule has 1 amide bonds. The summed E-state index contributed by atoms with van der Waals surface area (Å²) in [5.41, 5.74) is 2.08. The fraction of sp³-hybridized carbons (Fsp3) is 0.857. The second-order valence-corrected chi connectivity index (χ2v) is 4.15. The Bertz CT molecular complexity index is 143. The number of rotatable bonds is 5. The van der Waals surface area contributed by atoms with E-state index in [1.807, 2.05) is 6.92 Å². The fourth-order valence-electron chi connectivity index (χ4n) is 0.554. The minimum absolute atomic E-state index is 0.149. The van der Waals surface area contributed by atoms with Gasteiger partial charge in [0, 0.05) is 6.61 Å². The number of nitrogens with one attached hydrogen (secondary N) is 1. The SMILES string of the molecule is CC(CO)CSC(C)C(=O)NN. The van der Waals surface area contributed by atoms with Crippen molar-refractivity contribution in [2.45, 2.75) is 19.1 Å². The summed E-state index contributed by atoms with van der Waals surface area (Å²) in [6.45, 7) is 3.88. The molecular formula is C7H16N2O2S. The van der Waals surface area contributed by atoms with E-state index in [1.54, 1.807) is 6.92 Å². The smallest absolute Gasteiger partial charge is 0.246 e. The largest absolute Gasteiger partial charge is 0.396 e. The zero-order valence-corrected chi connectivity index (χ0v) is 8.23. The van der Waals surface area contributed by atoms with Gasteiger partial charge >= 0.3 is 0 Å². The predicted octanol–water partition coefficient (Wildman–Crippen LogP) is -0.274.